The minimum atomic E-state index is -0.853. The highest BCUT2D eigenvalue weighted by Crippen LogP contribution is 2.45. The lowest BCUT2D eigenvalue weighted by Crippen LogP contribution is -2.64. The first-order chi connectivity index (χ1) is 24.2. The van der Waals surface area contributed by atoms with Crippen LogP contribution >= 0.6 is 0 Å². The van der Waals surface area contributed by atoms with E-state index in [1.165, 1.54) is 0 Å². The number of ether oxygens (including phenoxy) is 11. The Labute approximate surface area is 292 Å². The first kappa shape index (κ1) is 34.3. The van der Waals surface area contributed by atoms with Crippen molar-refractivity contribution < 1.29 is 52.1 Å². The van der Waals surface area contributed by atoms with Crippen LogP contribution in [0.25, 0.3) is 0 Å². The van der Waals surface area contributed by atoms with Crippen molar-refractivity contribution in [2.24, 2.45) is 0 Å². The van der Waals surface area contributed by atoms with Gasteiger partial charge in [-0.25, -0.2) is 0 Å². The Balaban J connectivity index is 1.06. The van der Waals surface area contributed by atoms with E-state index < -0.39 is 79.3 Å². The quantitative estimate of drug-likeness (QED) is 0.273. The summed E-state index contributed by atoms with van der Waals surface area (Å²) < 4.78 is 71.1. The van der Waals surface area contributed by atoms with Crippen LogP contribution in [0.3, 0.4) is 0 Å². The molecule has 0 aromatic heterocycles. The molecule has 5 aliphatic rings. The van der Waals surface area contributed by atoms with Gasteiger partial charge in [-0.1, -0.05) is 91.0 Å². The predicted octanol–water partition coefficient (Wildman–Crippen LogP) is 5.41. The molecule has 3 aromatic carbocycles. The molecule has 11 atom stereocenters. The zero-order chi connectivity index (χ0) is 34.3. The molecule has 5 aliphatic heterocycles. The zero-order valence-corrected chi connectivity index (χ0v) is 28.8. The van der Waals surface area contributed by atoms with E-state index in [-0.39, 0.29) is 13.2 Å². The highest BCUT2D eigenvalue weighted by Gasteiger charge is 2.61. The van der Waals surface area contributed by atoms with Crippen molar-refractivity contribution >= 4 is 0 Å². The second-order valence-electron chi connectivity index (χ2n) is 14.3. The van der Waals surface area contributed by atoms with Gasteiger partial charge in [0.2, 0.25) is 0 Å². The van der Waals surface area contributed by atoms with Gasteiger partial charge < -0.3 is 52.1 Å². The van der Waals surface area contributed by atoms with Gasteiger partial charge in [-0.3, -0.25) is 0 Å². The molecule has 0 spiro atoms. The molecule has 50 heavy (non-hydrogen) atoms. The minimum absolute atomic E-state index is 0.112. The lowest BCUT2D eigenvalue weighted by Gasteiger charge is -2.49. The Bertz CT molecular complexity index is 1540. The number of rotatable bonds is 10. The molecule has 0 radical (unpaired) electrons. The molecule has 268 valence electrons. The first-order valence-corrected chi connectivity index (χ1v) is 17.5. The van der Waals surface area contributed by atoms with E-state index in [1.807, 2.05) is 119 Å². The molecule has 0 saturated carbocycles. The van der Waals surface area contributed by atoms with Gasteiger partial charge >= 0.3 is 0 Å². The summed E-state index contributed by atoms with van der Waals surface area (Å²) in [6.45, 7) is 8.55. The van der Waals surface area contributed by atoms with E-state index in [0.717, 1.165) is 16.7 Å². The third kappa shape index (κ3) is 7.41. The molecule has 11 nitrogen and oxygen atoms in total. The Morgan fingerprint density at radius 1 is 0.580 bits per heavy atom. The number of hydrogen-bond acceptors (Lipinski definition) is 11. The van der Waals surface area contributed by atoms with Crippen LogP contribution in [-0.4, -0.2) is 86.2 Å². The van der Waals surface area contributed by atoms with Crippen molar-refractivity contribution in [3.8, 4) is 0 Å². The fourth-order valence-corrected chi connectivity index (χ4v) is 7.38. The average Bonchev–Trinajstić information content (AvgIpc) is 3.63. The lowest BCUT2D eigenvalue weighted by atomic mass is 9.96. The van der Waals surface area contributed by atoms with E-state index in [0.29, 0.717) is 13.2 Å². The van der Waals surface area contributed by atoms with Crippen LogP contribution in [0.1, 0.15) is 50.7 Å². The maximum absolute atomic E-state index is 6.74. The van der Waals surface area contributed by atoms with Gasteiger partial charge in [-0.05, 0) is 38.8 Å². The first-order valence-electron chi connectivity index (χ1n) is 17.5. The summed E-state index contributed by atoms with van der Waals surface area (Å²) >= 11 is 0. The summed E-state index contributed by atoms with van der Waals surface area (Å²) in [6, 6.07) is 29.9. The van der Waals surface area contributed by atoms with Gasteiger partial charge in [0, 0.05) is 5.56 Å². The van der Waals surface area contributed by atoms with Crippen molar-refractivity contribution in [3.05, 3.63) is 108 Å². The Morgan fingerprint density at radius 3 is 1.84 bits per heavy atom. The van der Waals surface area contributed by atoms with E-state index in [9.17, 15) is 0 Å². The molecule has 0 N–H and O–H groups in total. The van der Waals surface area contributed by atoms with Gasteiger partial charge in [0.25, 0.3) is 0 Å². The standard InChI is InChI=1S/C39H46O11/c1-38(2)47-30-28(45-37-34(32(30)48-38)49-39(3,4)50-37)23-43-36-33(41-21-25-16-10-6-11-17-25)31(40-20-24-14-8-5-9-15-24)29-27(44-36)22-42-35(46-29)26-18-12-7-13-19-26/h5-19,27-37H,20-23H2,1-4H3/t27-,28-,29-,30+,31+,32+,33+,34-,35?,36-,37-/m1/s1. The molecule has 5 fully saturated rings. The SMILES string of the molecule is CC1(C)O[C@H]2[C@@H](O1)[C@@H](CO[C@@H]1O[C@@H]3COC(c4ccccc4)O[C@H]3[C@H](OCc3ccccc3)[C@@H]1OCc1ccccc1)O[C@@H]1OC(C)(C)O[C@@H]12. The minimum Gasteiger partial charge on any atom is -0.368 e. The highest BCUT2D eigenvalue weighted by molar-refractivity contribution is 5.18. The van der Waals surface area contributed by atoms with E-state index in [2.05, 4.69) is 0 Å². The van der Waals surface area contributed by atoms with Gasteiger partial charge in [0.15, 0.2) is 30.4 Å². The fourth-order valence-electron chi connectivity index (χ4n) is 7.38. The van der Waals surface area contributed by atoms with Crippen LogP contribution in [0, 0.1) is 0 Å². The zero-order valence-electron chi connectivity index (χ0n) is 28.8. The Kier molecular flexibility index (Phi) is 9.83. The molecule has 3 aromatic rings. The predicted molar refractivity (Wildman–Crippen MR) is 177 cm³/mol. The van der Waals surface area contributed by atoms with Crippen molar-refractivity contribution in [2.75, 3.05) is 13.2 Å². The molecule has 11 heteroatoms. The monoisotopic (exact) mass is 690 g/mol. The molecule has 5 saturated heterocycles. The van der Waals surface area contributed by atoms with Crippen LogP contribution in [0.4, 0.5) is 0 Å². The van der Waals surface area contributed by atoms with Crippen LogP contribution in [-0.2, 0) is 65.3 Å². The lowest BCUT2D eigenvalue weighted by molar-refractivity contribution is -0.376. The highest BCUT2D eigenvalue weighted by atomic mass is 16.9. The number of hydrogen-bond donors (Lipinski definition) is 0. The molecule has 5 heterocycles. The van der Waals surface area contributed by atoms with Crippen LogP contribution in [0.15, 0.2) is 91.0 Å². The summed E-state index contributed by atoms with van der Waals surface area (Å²) in [5.41, 5.74) is 2.95. The maximum Gasteiger partial charge on any atom is 0.190 e. The second kappa shape index (κ2) is 14.3. The average molecular weight is 691 g/mol. The fraction of sp³-hybridized carbons (Fsp3) is 0.538. The van der Waals surface area contributed by atoms with Crippen LogP contribution in [0.2, 0.25) is 0 Å². The molecule has 0 amide bonds. The summed E-state index contributed by atoms with van der Waals surface area (Å²) in [5, 5.41) is 0. The third-order valence-electron chi connectivity index (χ3n) is 9.60. The van der Waals surface area contributed by atoms with Gasteiger partial charge in [-0.2, -0.15) is 0 Å². The Morgan fingerprint density at radius 2 is 1.16 bits per heavy atom. The molecular weight excluding hydrogens is 644 g/mol. The van der Waals surface area contributed by atoms with E-state index in [4.69, 9.17) is 52.1 Å². The summed E-state index contributed by atoms with van der Waals surface area (Å²) in [5.74, 6) is -1.66. The molecule has 8 rings (SSSR count). The van der Waals surface area contributed by atoms with Crippen LogP contribution in [0.5, 0.6) is 0 Å². The van der Waals surface area contributed by atoms with E-state index >= 15 is 0 Å². The molecular formula is C39H46O11. The van der Waals surface area contributed by atoms with E-state index in [1.54, 1.807) is 0 Å². The summed E-state index contributed by atoms with van der Waals surface area (Å²) in [7, 11) is 0. The van der Waals surface area contributed by atoms with Gasteiger partial charge in [-0.15, -0.1) is 0 Å². The summed E-state index contributed by atoms with van der Waals surface area (Å²) in [4.78, 5) is 0. The largest absolute Gasteiger partial charge is 0.368 e. The van der Waals surface area contributed by atoms with Crippen molar-refractivity contribution in [2.45, 2.75) is 120 Å². The third-order valence-corrected chi connectivity index (χ3v) is 9.60. The molecule has 0 aliphatic carbocycles. The van der Waals surface area contributed by atoms with Crippen molar-refractivity contribution in [1.29, 1.82) is 0 Å². The smallest absolute Gasteiger partial charge is 0.190 e. The number of benzene rings is 3. The van der Waals surface area contributed by atoms with Gasteiger partial charge in [0.1, 0.15) is 48.8 Å². The normalized spacial score (nSPS) is 37.1. The van der Waals surface area contributed by atoms with Crippen molar-refractivity contribution in [3.63, 3.8) is 0 Å². The van der Waals surface area contributed by atoms with Crippen LogP contribution < -0.4 is 0 Å². The van der Waals surface area contributed by atoms with Crippen molar-refractivity contribution in [1.82, 2.24) is 0 Å². The number of fused-ring (bicyclic) bond motifs is 4. The molecule has 1 unspecified atom stereocenters. The van der Waals surface area contributed by atoms with Gasteiger partial charge in [0.05, 0.1) is 26.4 Å². The Hall–Kier alpha value is -2.78. The second-order valence-corrected chi connectivity index (χ2v) is 14.3. The molecule has 0 bridgehead atoms. The maximum atomic E-state index is 6.74. The summed E-state index contributed by atoms with van der Waals surface area (Å²) in [6.07, 6.45) is -6.16. The topological polar surface area (TPSA) is 102 Å².